The predicted molar refractivity (Wildman–Crippen MR) is 45.4 cm³/mol. The molecule has 0 aliphatic rings. The number of nitrogens with one attached hydrogen (secondary N) is 1. The molecule has 0 unspecified atom stereocenters. The van der Waals surface area contributed by atoms with Crippen molar-refractivity contribution in [1.82, 2.24) is 15.1 Å². The monoisotopic (exact) mass is 164 g/mol. The Hall–Kier alpha value is -1.34. The number of rotatable bonds is 2. The zero-order valence-electron chi connectivity index (χ0n) is 7.50. The number of nitriles is 1. The lowest BCUT2D eigenvalue weighted by Gasteiger charge is -2.04. The highest BCUT2D eigenvalue weighted by atomic mass is 15.3. The molecule has 0 fully saturated rings. The molecule has 0 saturated heterocycles. The van der Waals surface area contributed by atoms with Crippen LogP contribution in [0.3, 0.4) is 0 Å². The summed E-state index contributed by atoms with van der Waals surface area (Å²) in [6.07, 6.45) is 0. The summed E-state index contributed by atoms with van der Waals surface area (Å²) >= 11 is 0. The number of hydrogen-bond donors (Lipinski definition) is 1. The molecule has 0 spiro atoms. The van der Waals surface area contributed by atoms with Gasteiger partial charge in [0.25, 0.3) is 0 Å². The van der Waals surface area contributed by atoms with Crippen LogP contribution in [0.5, 0.6) is 0 Å². The zero-order valence-corrected chi connectivity index (χ0v) is 7.50. The molecular formula is C8H12N4. The van der Waals surface area contributed by atoms with Gasteiger partial charge in [0.05, 0.1) is 5.69 Å². The maximum Gasteiger partial charge on any atom is 0.138 e. The third-order valence-electron chi connectivity index (χ3n) is 1.89. The fourth-order valence-corrected chi connectivity index (χ4v) is 0.954. The first-order valence-corrected chi connectivity index (χ1v) is 3.80. The van der Waals surface area contributed by atoms with Crippen molar-refractivity contribution in [3.05, 3.63) is 17.5 Å². The van der Waals surface area contributed by atoms with Crippen LogP contribution in [0.1, 0.15) is 24.4 Å². The molecule has 0 aliphatic heterocycles. The molecular weight excluding hydrogens is 152 g/mol. The van der Waals surface area contributed by atoms with E-state index in [1.807, 2.05) is 14.0 Å². The summed E-state index contributed by atoms with van der Waals surface area (Å²) in [6, 6.07) is 4.05. The van der Waals surface area contributed by atoms with E-state index in [1.54, 1.807) is 17.8 Å². The molecule has 0 aliphatic carbocycles. The van der Waals surface area contributed by atoms with Gasteiger partial charge in [-0.15, -0.1) is 0 Å². The Bertz CT molecular complexity index is 307. The average Bonchev–Trinajstić information content (AvgIpc) is 2.45. The molecule has 1 aromatic heterocycles. The summed E-state index contributed by atoms with van der Waals surface area (Å²) in [5, 5.41) is 15.9. The maximum absolute atomic E-state index is 8.66. The van der Waals surface area contributed by atoms with Gasteiger partial charge >= 0.3 is 0 Å². The van der Waals surface area contributed by atoms with Crippen LogP contribution in [0.2, 0.25) is 0 Å². The number of aryl methyl sites for hydroxylation is 1. The molecule has 0 saturated carbocycles. The van der Waals surface area contributed by atoms with Gasteiger partial charge in [-0.1, -0.05) is 0 Å². The Balaban J connectivity index is 2.98. The lowest BCUT2D eigenvalue weighted by Crippen LogP contribution is -2.13. The fraction of sp³-hybridized carbons (Fsp3) is 0.500. The largest absolute Gasteiger partial charge is 0.312 e. The first kappa shape index (κ1) is 8.75. The van der Waals surface area contributed by atoms with E-state index >= 15 is 0 Å². The average molecular weight is 164 g/mol. The summed E-state index contributed by atoms with van der Waals surface area (Å²) in [6.45, 7) is 2.00. The van der Waals surface area contributed by atoms with E-state index in [9.17, 15) is 0 Å². The molecule has 0 aromatic carbocycles. The van der Waals surface area contributed by atoms with Crippen molar-refractivity contribution >= 4 is 0 Å². The third-order valence-corrected chi connectivity index (χ3v) is 1.89. The van der Waals surface area contributed by atoms with Gasteiger partial charge in [-0.2, -0.15) is 10.4 Å². The minimum absolute atomic E-state index is 0.193. The summed E-state index contributed by atoms with van der Waals surface area (Å²) in [7, 11) is 3.63. The van der Waals surface area contributed by atoms with Gasteiger partial charge in [0, 0.05) is 13.1 Å². The molecule has 0 amide bonds. The van der Waals surface area contributed by atoms with Crippen LogP contribution < -0.4 is 5.32 Å². The Labute approximate surface area is 71.8 Å². The smallest absolute Gasteiger partial charge is 0.138 e. The van der Waals surface area contributed by atoms with Gasteiger partial charge in [0.15, 0.2) is 0 Å². The third kappa shape index (κ3) is 1.46. The Morgan fingerprint density at radius 2 is 2.42 bits per heavy atom. The predicted octanol–water partition coefficient (Wildman–Crippen LogP) is 0.572. The highest BCUT2D eigenvalue weighted by Crippen LogP contribution is 2.10. The van der Waals surface area contributed by atoms with Crippen molar-refractivity contribution < 1.29 is 0 Å². The SMILES string of the molecule is CN[C@H](C)c1cc(C#N)n(C)n1. The molecule has 0 radical (unpaired) electrons. The normalized spacial score (nSPS) is 12.5. The molecule has 1 rings (SSSR count). The van der Waals surface area contributed by atoms with Crippen LogP contribution >= 0.6 is 0 Å². The van der Waals surface area contributed by atoms with Gasteiger partial charge in [-0.25, -0.2) is 0 Å². The van der Waals surface area contributed by atoms with Crippen molar-refractivity contribution in [2.75, 3.05) is 7.05 Å². The Kier molecular flexibility index (Phi) is 2.46. The van der Waals surface area contributed by atoms with E-state index in [-0.39, 0.29) is 6.04 Å². The number of aromatic nitrogens is 2. The van der Waals surface area contributed by atoms with E-state index in [2.05, 4.69) is 16.5 Å². The first-order chi connectivity index (χ1) is 5.69. The molecule has 4 nitrogen and oxygen atoms in total. The molecule has 1 aromatic rings. The van der Waals surface area contributed by atoms with E-state index in [0.717, 1.165) is 5.69 Å². The molecule has 1 atom stereocenters. The van der Waals surface area contributed by atoms with Gasteiger partial charge in [0.1, 0.15) is 11.8 Å². The second-order valence-corrected chi connectivity index (χ2v) is 2.70. The van der Waals surface area contributed by atoms with Crippen LogP contribution in [0.25, 0.3) is 0 Å². The zero-order chi connectivity index (χ0) is 9.14. The maximum atomic E-state index is 8.66. The van der Waals surface area contributed by atoms with E-state index in [1.165, 1.54) is 0 Å². The van der Waals surface area contributed by atoms with Crippen LogP contribution in [0.4, 0.5) is 0 Å². The second-order valence-electron chi connectivity index (χ2n) is 2.70. The lowest BCUT2D eigenvalue weighted by molar-refractivity contribution is 0.611. The molecule has 4 heteroatoms. The van der Waals surface area contributed by atoms with Crippen LogP contribution in [0.15, 0.2) is 6.07 Å². The van der Waals surface area contributed by atoms with Crippen molar-refractivity contribution in [2.24, 2.45) is 7.05 Å². The Morgan fingerprint density at radius 1 is 1.75 bits per heavy atom. The van der Waals surface area contributed by atoms with Gasteiger partial charge < -0.3 is 5.32 Å². The highest BCUT2D eigenvalue weighted by Gasteiger charge is 2.08. The summed E-state index contributed by atoms with van der Waals surface area (Å²) < 4.78 is 1.59. The molecule has 12 heavy (non-hydrogen) atoms. The van der Waals surface area contributed by atoms with Crippen LogP contribution in [-0.4, -0.2) is 16.8 Å². The minimum atomic E-state index is 0.193. The van der Waals surface area contributed by atoms with Crippen molar-refractivity contribution in [3.63, 3.8) is 0 Å². The van der Waals surface area contributed by atoms with Crippen LogP contribution in [0, 0.1) is 11.3 Å². The number of nitrogens with zero attached hydrogens (tertiary/aromatic N) is 3. The van der Waals surface area contributed by atoms with Gasteiger partial charge in [-0.05, 0) is 20.0 Å². The quantitative estimate of drug-likeness (QED) is 0.695. The summed E-state index contributed by atoms with van der Waals surface area (Å²) in [5.41, 5.74) is 1.49. The Morgan fingerprint density at radius 3 is 2.83 bits per heavy atom. The molecule has 64 valence electrons. The second kappa shape index (κ2) is 3.37. The molecule has 1 N–H and O–H groups in total. The van der Waals surface area contributed by atoms with Gasteiger partial charge in [0.2, 0.25) is 0 Å². The summed E-state index contributed by atoms with van der Waals surface area (Å²) in [5.74, 6) is 0. The first-order valence-electron chi connectivity index (χ1n) is 3.80. The number of hydrogen-bond acceptors (Lipinski definition) is 3. The van der Waals surface area contributed by atoms with Crippen molar-refractivity contribution in [1.29, 1.82) is 5.26 Å². The molecule has 0 bridgehead atoms. The summed E-state index contributed by atoms with van der Waals surface area (Å²) in [4.78, 5) is 0. The van der Waals surface area contributed by atoms with Crippen molar-refractivity contribution in [2.45, 2.75) is 13.0 Å². The minimum Gasteiger partial charge on any atom is -0.312 e. The lowest BCUT2D eigenvalue weighted by atomic mass is 10.2. The van der Waals surface area contributed by atoms with Crippen LogP contribution in [-0.2, 0) is 7.05 Å². The molecule has 1 heterocycles. The fourth-order valence-electron chi connectivity index (χ4n) is 0.954. The van der Waals surface area contributed by atoms with E-state index < -0.39 is 0 Å². The topological polar surface area (TPSA) is 53.6 Å². The van der Waals surface area contributed by atoms with Gasteiger partial charge in [-0.3, -0.25) is 4.68 Å². The van der Waals surface area contributed by atoms with E-state index in [4.69, 9.17) is 5.26 Å². The standard InChI is InChI=1S/C8H12N4/c1-6(10-2)8-4-7(5-9)12(3)11-8/h4,6,10H,1-3H3/t6-/m1/s1. The highest BCUT2D eigenvalue weighted by molar-refractivity contribution is 5.24. The van der Waals surface area contributed by atoms with E-state index in [0.29, 0.717) is 5.69 Å². The van der Waals surface area contributed by atoms with Crippen molar-refractivity contribution in [3.8, 4) is 6.07 Å².